The van der Waals surface area contributed by atoms with Crippen molar-refractivity contribution in [3.8, 4) is 11.5 Å². The molecule has 1 aliphatic carbocycles. The van der Waals surface area contributed by atoms with E-state index in [1.807, 2.05) is 30.3 Å². The van der Waals surface area contributed by atoms with Crippen LogP contribution in [-0.4, -0.2) is 45.2 Å². The van der Waals surface area contributed by atoms with Gasteiger partial charge in [0.15, 0.2) is 11.5 Å². The molecule has 1 aliphatic rings. The summed E-state index contributed by atoms with van der Waals surface area (Å²) < 4.78 is 12.3. The lowest BCUT2D eigenvalue weighted by Crippen LogP contribution is -2.25. The molecule has 0 atom stereocenters. The Labute approximate surface area is 180 Å². The Kier molecular flexibility index (Phi) is 5.07. The van der Waals surface area contributed by atoms with E-state index < -0.39 is 0 Å². The number of para-hydroxylation sites is 1. The van der Waals surface area contributed by atoms with Crippen LogP contribution in [0, 0.1) is 5.92 Å². The lowest BCUT2D eigenvalue weighted by atomic mass is 10.2. The number of rotatable bonds is 8. The maximum Gasteiger partial charge on any atom is 0.223 e. The van der Waals surface area contributed by atoms with Crippen molar-refractivity contribution < 1.29 is 9.47 Å². The topological polar surface area (TPSA) is 90.8 Å². The summed E-state index contributed by atoms with van der Waals surface area (Å²) >= 11 is 0. The molecule has 2 aromatic carbocycles. The lowest BCUT2D eigenvalue weighted by Gasteiger charge is -2.21. The van der Waals surface area contributed by atoms with E-state index in [4.69, 9.17) is 20.2 Å². The molecule has 160 valence electrons. The maximum absolute atomic E-state index is 6.20. The van der Waals surface area contributed by atoms with Gasteiger partial charge in [0, 0.05) is 18.5 Å². The van der Waals surface area contributed by atoms with E-state index in [-0.39, 0.29) is 0 Å². The highest BCUT2D eigenvalue weighted by molar-refractivity contribution is 5.95. The highest BCUT2D eigenvalue weighted by Gasteiger charge is 2.25. The molecule has 0 bridgehead atoms. The van der Waals surface area contributed by atoms with E-state index in [1.54, 1.807) is 18.7 Å². The van der Waals surface area contributed by atoms with Gasteiger partial charge in [0.05, 0.1) is 20.8 Å². The summed E-state index contributed by atoms with van der Waals surface area (Å²) in [5.74, 6) is 3.33. The van der Waals surface area contributed by atoms with E-state index >= 15 is 0 Å². The normalized spacial score (nSPS) is 13.9. The summed E-state index contributed by atoms with van der Waals surface area (Å²) in [5.41, 5.74) is 8.84. The molecule has 0 amide bonds. The number of aromatic nitrogens is 4. The standard InChI is InChI=1S/C23H26N6O2/c1-30-17-10-8-16(9-11-17)13-28(12-15-6-7-15)14-20-25-22-18-4-3-5-19(31-2)21(18)26-23(24)29(22)27-20/h3-5,8-11,15H,6-7,12-14H2,1-2H3,(H2,24,26). The molecule has 2 N–H and O–H groups in total. The van der Waals surface area contributed by atoms with Crippen molar-refractivity contribution in [2.24, 2.45) is 5.92 Å². The van der Waals surface area contributed by atoms with Gasteiger partial charge in [-0.25, -0.2) is 9.97 Å². The zero-order valence-electron chi connectivity index (χ0n) is 17.8. The number of ether oxygens (including phenoxy) is 2. The van der Waals surface area contributed by atoms with Gasteiger partial charge in [-0.1, -0.05) is 18.2 Å². The zero-order valence-corrected chi connectivity index (χ0v) is 17.8. The van der Waals surface area contributed by atoms with Crippen LogP contribution >= 0.6 is 0 Å². The first-order valence-electron chi connectivity index (χ1n) is 10.5. The molecule has 5 rings (SSSR count). The van der Waals surface area contributed by atoms with Gasteiger partial charge in [-0.05, 0) is 48.6 Å². The van der Waals surface area contributed by atoms with Crippen LogP contribution in [0.1, 0.15) is 24.2 Å². The monoisotopic (exact) mass is 418 g/mol. The molecule has 8 heteroatoms. The number of hydrogen-bond donors (Lipinski definition) is 1. The minimum Gasteiger partial charge on any atom is -0.497 e. The summed E-state index contributed by atoms with van der Waals surface area (Å²) in [6.07, 6.45) is 2.58. The third-order valence-corrected chi connectivity index (χ3v) is 5.70. The first-order chi connectivity index (χ1) is 15.1. The SMILES string of the molecule is COc1ccc(CN(Cc2nc3c4cccc(OC)c4nc(N)n3n2)CC2CC2)cc1. The Bertz CT molecular complexity index is 1220. The van der Waals surface area contributed by atoms with E-state index in [0.29, 0.717) is 29.4 Å². The summed E-state index contributed by atoms with van der Waals surface area (Å²) in [4.78, 5) is 11.7. The van der Waals surface area contributed by atoms with Gasteiger partial charge in [0.2, 0.25) is 5.95 Å². The molecule has 0 aliphatic heterocycles. The first kappa shape index (κ1) is 19.6. The van der Waals surface area contributed by atoms with Crippen LogP contribution in [0.25, 0.3) is 16.6 Å². The Morgan fingerprint density at radius 2 is 1.84 bits per heavy atom. The Morgan fingerprint density at radius 1 is 1.03 bits per heavy atom. The quantitative estimate of drug-likeness (QED) is 0.469. The number of benzene rings is 2. The molecular formula is C23H26N6O2. The number of nitrogens with two attached hydrogens (primary N) is 1. The van der Waals surface area contributed by atoms with Crippen LogP contribution in [0.4, 0.5) is 5.95 Å². The summed E-state index contributed by atoms with van der Waals surface area (Å²) in [7, 11) is 3.31. The van der Waals surface area contributed by atoms with Gasteiger partial charge in [-0.3, -0.25) is 4.90 Å². The molecule has 1 saturated carbocycles. The number of nitrogens with zero attached hydrogens (tertiary/aromatic N) is 5. The van der Waals surface area contributed by atoms with Crippen LogP contribution < -0.4 is 15.2 Å². The van der Waals surface area contributed by atoms with Crippen molar-refractivity contribution in [2.45, 2.75) is 25.9 Å². The highest BCUT2D eigenvalue weighted by atomic mass is 16.5. The second-order valence-electron chi connectivity index (χ2n) is 8.05. The molecule has 0 radical (unpaired) electrons. The summed E-state index contributed by atoms with van der Waals surface area (Å²) in [5, 5.41) is 5.54. The zero-order chi connectivity index (χ0) is 21.4. The van der Waals surface area contributed by atoms with Gasteiger partial charge in [-0.15, -0.1) is 5.10 Å². The fourth-order valence-corrected chi connectivity index (χ4v) is 3.94. The Balaban J connectivity index is 1.46. The molecular weight excluding hydrogens is 392 g/mol. The second-order valence-corrected chi connectivity index (χ2v) is 8.05. The van der Waals surface area contributed by atoms with Crippen molar-refractivity contribution in [1.29, 1.82) is 0 Å². The molecule has 0 saturated heterocycles. The van der Waals surface area contributed by atoms with Gasteiger partial charge in [-0.2, -0.15) is 4.52 Å². The van der Waals surface area contributed by atoms with Crippen LogP contribution in [0.2, 0.25) is 0 Å². The van der Waals surface area contributed by atoms with Crippen LogP contribution in [-0.2, 0) is 13.1 Å². The number of fused-ring (bicyclic) bond motifs is 3. The highest BCUT2D eigenvalue weighted by Crippen LogP contribution is 2.31. The third-order valence-electron chi connectivity index (χ3n) is 5.70. The number of anilines is 1. The van der Waals surface area contributed by atoms with E-state index in [0.717, 1.165) is 36.0 Å². The molecule has 8 nitrogen and oxygen atoms in total. The fourth-order valence-electron chi connectivity index (χ4n) is 3.94. The van der Waals surface area contributed by atoms with Crippen molar-refractivity contribution in [2.75, 3.05) is 26.5 Å². The first-order valence-corrected chi connectivity index (χ1v) is 10.5. The van der Waals surface area contributed by atoms with Gasteiger partial charge in [0.1, 0.15) is 17.0 Å². The van der Waals surface area contributed by atoms with Crippen LogP contribution in [0.3, 0.4) is 0 Å². The van der Waals surface area contributed by atoms with Crippen molar-refractivity contribution in [3.05, 3.63) is 53.9 Å². The Hall–Kier alpha value is -3.39. The molecule has 0 unspecified atom stereocenters. The molecule has 2 aromatic heterocycles. The summed E-state index contributed by atoms with van der Waals surface area (Å²) in [6.45, 7) is 2.51. The summed E-state index contributed by atoms with van der Waals surface area (Å²) in [6, 6.07) is 14.0. The van der Waals surface area contributed by atoms with E-state index in [2.05, 4.69) is 27.1 Å². The van der Waals surface area contributed by atoms with Crippen LogP contribution in [0.15, 0.2) is 42.5 Å². The molecule has 31 heavy (non-hydrogen) atoms. The van der Waals surface area contributed by atoms with Crippen molar-refractivity contribution in [1.82, 2.24) is 24.5 Å². The minimum atomic E-state index is 0.301. The fraction of sp³-hybridized carbons (Fsp3) is 0.348. The number of nitrogen functional groups attached to an aromatic ring is 1. The number of methoxy groups -OCH3 is 2. The minimum absolute atomic E-state index is 0.301. The third kappa shape index (κ3) is 3.98. The van der Waals surface area contributed by atoms with Crippen LogP contribution in [0.5, 0.6) is 11.5 Å². The second kappa shape index (κ2) is 8.03. The van der Waals surface area contributed by atoms with Gasteiger partial charge in [0.25, 0.3) is 0 Å². The molecule has 1 fully saturated rings. The Morgan fingerprint density at radius 3 is 2.55 bits per heavy atom. The largest absolute Gasteiger partial charge is 0.497 e. The maximum atomic E-state index is 6.20. The molecule has 0 spiro atoms. The van der Waals surface area contributed by atoms with Gasteiger partial charge < -0.3 is 15.2 Å². The molecule has 2 heterocycles. The predicted molar refractivity (Wildman–Crippen MR) is 119 cm³/mol. The average Bonchev–Trinajstić information content (AvgIpc) is 3.49. The van der Waals surface area contributed by atoms with E-state index in [9.17, 15) is 0 Å². The average molecular weight is 419 g/mol. The number of hydrogen-bond acceptors (Lipinski definition) is 7. The van der Waals surface area contributed by atoms with Gasteiger partial charge >= 0.3 is 0 Å². The molecule has 4 aromatic rings. The van der Waals surface area contributed by atoms with Crippen molar-refractivity contribution >= 4 is 22.5 Å². The lowest BCUT2D eigenvalue weighted by molar-refractivity contribution is 0.240. The smallest absolute Gasteiger partial charge is 0.223 e. The van der Waals surface area contributed by atoms with Crippen molar-refractivity contribution in [3.63, 3.8) is 0 Å². The van der Waals surface area contributed by atoms with E-state index in [1.165, 1.54) is 18.4 Å². The predicted octanol–water partition coefficient (Wildman–Crippen LogP) is 3.29.